The number of esters is 2. The van der Waals surface area contributed by atoms with E-state index in [1.165, 1.54) is 39.8 Å². The van der Waals surface area contributed by atoms with Gasteiger partial charge in [-0.2, -0.15) is 0 Å². The fourth-order valence-corrected chi connectivity index (χ4v) is 3.66. The molecule has 2 N–H and O–H groups in total. The van der Waals surface area contributed by atoms with Crippen LogP contribution in [0.15, 0.2) is 35.5 Å². The highest BCUT2D eigenvalue weighted by molar-refractivity contribution is 6.21. The Morgan fingerprint density at radius 3 is 1.62 bits per heavy atom. The SMILES string of the molecule is CCC(CC)(C(=O)O)C(=O)OC1(OC(=O)C(CC)(CC)C(=O)O)C(=O)ON=C1c1ccccc1. The summed E-state index contributed by atoms with van der Waals surface area (Å²) in [5.41, 5.74) is -4.40. The van der Waals surface area contributed by atoms with Crippen LogP contribution in [0.1, 0.15) is 58.9 Å². The summed E-state index contributed by atoms with van der Waals surface area (Å²) in [7, 11) is 0. The molecule has 0 aromatic heterocycles. The number of rotatable bonds is 11. The largest absolute Gasteiger partial charge is 0.480 e. The fourth-order valence-electron chi connectivity index (χ4n) is 3.66. The van der Waals surface area contributed by atoms with Crippen molar-refractivity contribution in [2.75, 3.05) is 0 Å². The van der Waals surface area contributed by atoms with Crippen LogP contribution >= 0.6 is 0 Å². The molecule has 1 aromatic carbocycles. The average molecular weight is 477 g/mol. The number of oxime groups is 1. The van der Waals surface area contributed by atoms with Crippen molar-refractivity contribution in [2.24, 2.45) is 16.0 Å². The van der Waals surface area contributed by atoms with Crippen molar-refractivity contribution >= 4 is 35.6 Å². The smallest absolute Gasteiger partial charge is 0.426 e. The molecule has 0 saturated heterocycles. The molecule has 11 heteroatoms. The number of carbonyl (C=O) groups is 5. The van der Waals surface area contributed by atoms with E-state index < -0.39 is 52.2 Å². The first-order valence-corrected chi connectivity index (χ1v) is 10.8. The number of carboxylic acids is 2. The predicted molar refractivity (Wildman–Crippen MR) is 115 cm³/mol. The lowest BCUT2D eigenvalue weighted by Crippen LogP contribution is -2.57. The molecule has 11 nitrogen and oxygen atoms in total. The summed E-state index contributed by atoms with van der Waals surface area (Å²) >= 11 is 0. The van der Waals surface area contributed by atoms with Gasteiger partial charge in [-0.1, -0.05) is 63.2 Å². The monoisotopic (exact) mass is 477 g/mol. The van der Waals surface area contributed by atoms with E-state index in [9.17, 15) is 34.2 Å². The molecule has 0 unspecified atom stereocenters. The van der Waals surface area contributed by atoms with Crippen molar-refractivity contribution in [3.63, 3.8) is 0 Å². The zero-order chi connectivity index (χ0) is 25.7. The van der Waals surface area contributed by atoms with Crippen molar-refractivity contribution in [2.45, 2.75) is 59.2 Å². The van der Waals surface area contributed by atoms with Crippen LogP contribution in [0.2, 0.25) is 0 Å². The molecule has 0 radical (unpaired) electrons. The molecule has 1 heterocycles. The zero-order valence-electron chi connectivity index (χ0n) is 19.3. The van der Waals surface area contributed by atoms with Crippen LogP contribution in [0.3, 0.4) is 0 Å². The number of hydrogen-bond acceptors (Lipinski definition) is 9. The van der Waals surface area contributed by atoms with Crippen molar-refractivity contribution in [3.05, 3.63) is 35.9 Å². The minimum absolute atomic E-state index is 0.164. The Labute approximate surface area is 195 Å². The van der Waals surface area contributed by atoms with Gasteiger partial charge in [0.2, 0.25) is 0 Å². The van der Waals surface area contributed by atoms with Gasteiger partial charge in [-0.05, 0) is 25.7 Å². The lowest BCUT2D eigenvalue weighted by molar-refractivity contribution is -0.226. The molecule has 2 rings (SSSR count). The van der Waals surface area contributed by atoms with Gasteiger partial charge in [-0.25, -0.2) is 4.79 Å². The number of carboxylic acid groups (broad SMARTS) is 2. The van der Waals surface area contributed by atoms with Crippen LogP contribution in [0.4, 0.5) is 0 Å². The Bertz CT molecular complexity index is 962. The van der Waals surface area contributed by atoms with Gasteiger partial charge >= 0.3 is 35.6 Å². The summed E-state index contributed by atoms with van der Waals surface area (Å²) < 4.78 is 10.7. The van der Waals surface area contributed by atoms with Gasteiger partial charge in [0.15, 0.2) is 16.5 Å². The number of nitrogens with zero attached hydrogens (tertiary/aromatic N) is 1. The van der Waals surface area contributed by atoms with Gasteiger partial charge in [-0.3, -0.25) is 19.2 Å². The summed E-state index contributed by atoms with van der Waals surface area (Å²) in [5.74, 6) is -10.1. The Hall–Kier alpha value is -3.76. The fraction of sp³-hybridized carbons (Fsp3) is 0.478. The molecule has 34 heavy (non-hydrogen) atoms. The lowest BCUT2D eigenvalue weighted by atomic mass is 9.82. The third-order valence-electron chi connectivity index (χ3n) is 6.33. The molecular weight excluding hydrogens is 450 g/mol. The van der Waals surface area contributed by atoms with Crippen LogP contribution in [-0.2, 0) is 38.3 Å². The van der Waals surface area contributed by atoms with Crippen LogP contribution in [0.5, 0.6) is 0 Å². The van der Waals surface area contributed by atoms with Crippen LogP contribution in [0.25, 0.3) is 0 Å². The highest BCUT2D eigenvalue weighted by Gasteiger charge is 2.63. The molecule has 1 aliphatic heterocycles. The minimum Gasteiger partial charge on any atom is -0.480 e. The molecule has 0 atom stereocenters. The topological polar surface area (TPSA) is 166 Å². The number of aliphatic carboxylic acids is 2. The van der Waals surface area contributed by atoms with Gasteiger partial charge in [0, 0.05) is 5.56 Å². The Balaban J connectivity index is 2.69. The summed E-state index contributed by atoms with van der Waals surface area (Å²) in [6, 6.07) is 7.70. The third-order valence-corrected chi connectivity index (χ3v) is 6.33. The standard InChI is InChI=1S/C23H27NO10/c1-5-21(6-2,16(25)26)18(29)32-23(33-19(30)22(7-3,8-4)17(27)28)15(24-34-20(23)31)14-12-10-9-11-13-14/h9-13H,5-8H2,1-4H3,(H,25,26)(H,27,28). The number of benzene rings is 1. The maximum Gasteiger partial charge on any atom is 0.426 e. The van der Waals surface area contributed by atoms with Crippen LogP contribution in [-0.4, -0.2) is 51.6 Å². The molecule has 0 saturated carbocycles. The first kappa shape index (κ1) is 26.5. The van der Waals surface area contributed by atoms with E-state index in [4.69, 9.17) is 14.3 Å². The highest BCUT2D eigenvalue weighted by Crippen LogP contribution is 2.38. The van der Waals surface area contributed by atoms with Gasteiger partial charge in [0.25, 0.3) is 0 Å². The normalized spacial score (nSPS) is 15.2. The van der Waals surface area contributed by atoms with Gasteiger partial charge < -0.3 is 24.5 Å². The summed E-state index contributed by atoms with van der Waals surface area (Å²) in [5, 5.41) is 23.1. The minimum atomic E-state index is -2.94. The molecule has 1 aromatic rings. The quantitative estimate of drug-likeness (QED) is 0.209. The van der Waals surface area contributed by atoms with Crippen LogP contribution in [0, 0.1) is 10.8 Å². The first-order valence-electron chi connectivity index (χ1n) is 10.8. The number of hydrogen-bond donors (Lipinski definition) is 2. The van der Waals surface area contributed by atoms with E-state index in [1.54, 1.807) is 18.2 Å². The second kappa shape index (κ2) is 10.0. The van der Waals surface area contributed by atoms with Crippen molar-refractivity contribution in [1.29, 1.82) is 0 Å². The van der Waals surface area contributed by atoms with Gasteiger partial charge in [0.1, 0.15) is 0 Å². The van der Waals surface area contributed by atoms with Gasteiger partial charge in [-0.15, -0.1) is 0 Å². The number of carbonyl (C=O) groups excluding carboxylic acids is 3. The average Bonchev–Trinajstić information content (AvgIpc) is 3.11. The highest BCUT2D eigenvalue weighted by atomic mass is 16.8. The van der Waals surface area contributed by atoms with E-state index >= 15 is 0 Å². The van der Waals surface area contributed by atoms with Crippen molar-refractivity contribution < 1.29 is 48.5 Å². The molecule has 0 bridgehead atoms. The third kappa shape index (κ3) is 4.13. The van der Waals surface area contributed by atoms with E-state index in [0.717, 1.165) is 0 Å². The van der Waals surface area contributed by atoms with Crippen molar-refractivity contribution in [1.82, 2.24) is 0 Å². The molecule has 0 spiro atoms. The molecule has 1 aliphatic rings. The van der Waals surface area contributed by atoms with E-state index in [1.807, 2.05) is 0 Å². The maximum atomic E-state index is 13.2. The van der Waals surface area contributed by atoms with Gasteiger partial charge in [0.05, 0.1) is 0 Å². The second-order valence-electron chi connectivity index (χ2n) is 7.77. The van der Waals surface area contributed by atoms with E-state index in [-0.39, 0.29) is 31.2 Å². The van der Waals surface area contributed by atoms with Crippen molar-refractivity contribution in [3.8, 4) is 0 Å². The Morgan fingerprint density at radius 2 is 1.26 bits per heavy atom. The molecular formula is C23H27NO10. The summed E-state index contributed by atoms with van der Waals surface area (Å²) in [6.45, 7) is 5.78. The summed E-state index contributed by atoms with van der Waals surface area (Å²) in [4.78, 5) is 67.9. The zero-order valence-corrected chi connectivity index (χ0v) is 19.3. The molecule has 0 aliphatic carbocycles. The first-order chi connectivity index (χ1) is 16.0. The predicted octanol–water partition coefficient (Wildman–Crippen LogP) is 2.51. The maximum absolute atomic E-state index is 13.2. The lowest BCUT2D eigenvalue weighted by Gasteiger charge is -2.33. The summed E-state index contributed by atoms with van der Waals surface area (Å²) in [6.07, 6.45) is -0.788. The second-order valence-corrected chi connectivity index (χ2v) is 7.77. The molecule has 0 fully saturated rings. The number of ether oxygens (including phenoxy) is 2. The molecule has 0 amide bonds. The van der Waals surface area contributed by atoms with E-state index in [2.05, 4.69) is 5.16 Å². The Morgan fingerprint density at radius 1 is 0.853 bits per heavy atom. The molecule has 184 valence electrons. The van der Waals surface area contributed by atoms with E-state index in [0.29, 0.717) is 0 Å². The van der Waals surface area contributed by atoms with Crippen LogP contribution < -0.4 is 0 Å². The Kier molecular flexibility index (Phi) is 7.81.